The minimum atomic E-state index is 0.618. The Kier molecular flexibility index (Phi) is 4.00. The number of hydrogen-bond acceptors (Lipinski definition) is 5. The maximum absolute atomic E-state index is 5.45. The molecule has 25 heavy (non-hydrogen) atoms. The fourth-order valence-corrected chi connectivity index (χ4v) is 2.75. The summed E-state index contributed by atoms with van der Waals surface area (Å²) in [5.41, 5.74) is 3.94. The van der Waals surface area contributed by atoms with Crippen LogP contribution in [0, 0.1) is 0 Å². The van der Waals surface area contributed by atoms with E-state index >= 15 is 0 Å². The van der Waals surface area contributed by atoms with E-state index < -0.39 is 0 Å². The Morgan fingerprint density at radius 3 is 2.68 bits per heavy atom. The summed E-state index contributed by atoms with van der Waals surface area (Å²) in [4.78, 5) is 4.58. The summed E-state index contributed by atoms with van der Waals surface area (Å²) in [5.74, 6) is 0.640. The molecular weight excluding hydrogens is 314 g/mol. The average molecular weight is 331 g/mol. The van der Waals surface area contributed by atoms with Gasteiger partial charge in [0.15, 0.2) is 0 Å². The predicted molar refractivity (Wildman–Crippen MR) is 97.0 cm³/mol. The normalized spacial score (nSPS) is 10.8. The highest BCUT2D eigenvalue weighted by Crippen LogP contribution is 2.23. The van der Waals surface area contributed by atoms with Crippen LogP contribution in [-0.2, 0) is 6.54 Å². The molecule has 124 valence electrons. The van der Waals surface area contributed by atoms with E-state index in [1.807, 2.05) is 47.0 Å². The second-order valence-corrected chi connectivity index (χ2v) is 5.62. The molecule has 0 amide bonds. The van der Waals surface area contributed by atoms with Gasteiger partial charge in [-0.2, -0.15) is 0 Å². The Morgan fingerprint density at radius 1 is 1.00 bits per heavy atom. The fraction of sp³-hybridized carbons (Fsp3) is 0.105. The highest BCUT2D eigenvalue weighted by Gasteiger charge is 2.07. The minimum absolute atomic E-state index is 0.618. The molecule has 6 nitrogen and oxygen atoms in total. The van der Waals surface area contributed by atoms with Gasteiger partial charge in [0.2, 0.25) is 5.88 Å². The first-order chi connectivity index (χ1) is 12.3. The van der Waals surface area contributed by atoms with Gasteiger partial charge >= 0.3 is 0 Å². The molecule has 0 spiro atoms. The monoisotopic (exact) mass is 331 g/mol. The number of nitrogens with zero attached hydrogens (tertiary/aromatic N) is 4. The number of fused-ring (bicyclic) bond motifs is 1. The highest BCUT2D eigenvalue weighted by atomic mass is 16.5. The number of pyridine rings is 1. The van der Waals surface area contributed by atoms with E-state index in [0.717, 1.165) is 27.8 Å². The number of anilines is 1. The molecule has 2 aromatic carbocycles. The van der Waals surface area contributed by atoms with Crippen LogP contribution in [0.15, 0.2) is 67.3 Å². The molecule has 0 saturated heterocycles. The second kappa shape index (κ2) is 6.60. The van der Waals surface area contributed by atoms with Crippen LogP contribution < -0.4 is 10.1 Å². The third kappa shape index (κ3) is 3.14. The number of ether oxygens (including phenoxy) is 1. The molecular formula is C19H17N5O. The summed E-state index contributed by atoms with van der Waals surface area (Å²) >= 11 is 0. The van der Waals surface area contributed by atoms with E-state index in [1.165, 1.54) is 0 Å². The lowest BCUT2D eigenvalue weighted by Gasteiger charge is -2.12. The molecule has 0 bridgehead atoms. The van der Waals surface area contributed by atoms with Gasteiger partial charge in [-0.25, -0.2) is 4.98 Å². The van der Waals surface area contributed by atoms with E-state index in [4.69, 9.17) is 4.74 Å². The molecule has 2 aromatic heterocycles. The smallest absolute Gasteiger partial charge is 0.218 e. The van der Waals surface area contributed by atoms with Crippen LogP contribution in [0.4, 0.5) is 5.69 Å². The number of nitrogens with one attached hydrogen (secondary N) is 1. The Balaban J connectivity index is 1.59. The van der Waals surface area contributed by atoms with Crippen molar-refractivity contribution in [2.45, 2.75) is 6.54 Å². The maximum Gasteiger partial charge on any atom is 0.218 e. The average Bonchev–Trinajstić information content (AvgIpc) is 3.20. The molecule has 4 rings (SSSR count). The summed E-state index contributed by atoms with van der Waals surface area (Å²) in [5, 5.41) is 12.2. The second-order valence-electron chi connectivity index (χ2n) is 5.62. The Morgan fingerprint density at radius 2 is 1.84 bits per heavy atom. The fourth-order valence-electron chi connectivity index (χ4n) is 2.75. The zero-order valence-corrected chi connectivity index (χ0v) is 13.8. The van der Waals surface area contributed by atoms with Crippen molar-refractivity contribution in [2.24, 2.45) is 0 Å². The molecule has 2 heterocycles. The SMILES string of the molecule is COc1nc2ccccc2cc1CNc1cccc(-n2cnnc2)c1. The Labute approximate surface area is 145 Å². The van der Waals surface area contributed by atoms with Gasteiger partial charge in [0.25, 0.3) is 0 Å². The number of hydrogen-bond donors (Lipinski definition) is 1. The molecule has 0 radical (unpaired) electrons. The molecule has 0 unspecified atom stereocenters. The van der Waals surface area contributed by atoms with Crippen molar-refractivity contribution in [3.05, 3.63) is 72.8 Å². The first-order valence-corrected chi connectivity index (χ1v) is 7.95. The van der Waals surface area contributed by atoms with Crippen LogP contribution in [0.3, 0.4) is 0 Å². The van der Waals surface area contributed by atoms with Gasteiger partial charge in [-0.1, -0.05) is 24.3 Å². The largest absolute Gasteiger partial charge is 0.481 e. The van der Waals surface area contributed by atoms with Gasteiger partial charge < -0.3 is 10.1 Å². The molecule has 0 fully saturated rings. The maximum atomic E-state index is 5.45. The minimum Gasteiger partial charge on any atom is -0.481 e. The van der Waals surface area contributed by atoms with Crippen LogP contribution in [0.5, 0.6) is 5.88 Å². The van der Waals surface area contributed by atoms with Gasteiger partial charge in [0, 0.05) is 23.2 Å². The Hall–Kier alpha value is -3.41. The Bertz CT molecular complexity index is 998. The van der Waals surface area contributed by atoms with Crippen LogP contribution >= 0.6 is 0 Å². The van der Waals surface area contributed by atoms with Crippen molar-refractivity contribution in [1.29, 1.82) is 0 Å². The number of aromatic nitrogens is 4. The number of para-hydroxylation sites is 1. The molecule has 0 atom stereocenters. The first-order valence-electron chi connectivity index (χ1n) is 7.95. The molecule has 0 aliphatic rings. The third-order valence-electron chi connectivity index (χ3n) is 4.00. The number of benzene rings is 2. The summed E-state index contributed by atoms with van der Waals surface area (Å²) < 4.78 is 7.32. The third-order valence-corrected chi connectivity index (χ3v) is 4.00. The van der Waals surface area contributed by atoms with Crippen molar-refractivity contribution in [3.63, 3.8) is 0 Å². The summed E-state index contributed by atoms with van der Waals surface area (Å²) in [6, 6.07) is 18.2. The van der Waals surface area contributed by atoms with Crippen LogP contribution in [-0.4, -0.2) is 26.9 Å². The van der Waals surface area contributed by atoms with Crippen LogP contribution in [0.25, 0.3) is 16.6 Å². The van der Waals surface area contributed by atoms with Crippen molar-refractivity contribution < 1.29 is 4.74 Å². The zero-order chi connectivity index (χ0) is 17.1. The zero-order valence-electron chi connectivity index (χ0n) is 13.8. The van der Waals surface area contributed by atoms with E-state index in [-0.39, 0.29) is 0 Å². The van der Waals surface area contributed by atoms with E-state index in [1.54, 1.807) is 19.8 Å². The predicted octanol–water partition coefficient (Wildman–Crippen LogP) is 3.44. The summed E-state index contributed by atoms with van der Waals surface area (Å²) in [7, 11) is 1.65. The quantitative estimate of drug-likeness (QED) is 0.607. The van der Waals surface area contributed by atoms with Crippen molar-refractivity contribution in [3.8, 4) is 11.6 Å². The van der Waals surface area contributed by atoms with Crippen molar-refractivity contribution in [2.75, 3.05) is 12.4 Å². The lowest BCUT2D eigenvalue weighted by atomic mass is 10.1. The van der Waals surface area contributed by atoms with E-state index in [9.17, 15) is 0 Å². The number of methoxy groups -OCH3 is 1. The van der Waals surface area contributed by atoms with E-state index in [2.05, 4.69) is 32.6 Å². The molecule has 0 aliphatic carbocycles. The lowest BCUT2D eigenvalue weighted by Crippen LogP contribution is -2.04. The van der Waals surface area contributed by atoms with Gasteiger partial charge in [0.05, 0.1) is 18.3 Å². The molecule has 6 heteroatoms. The molecule has 1 N–H and O–H groups in total. The van der Waals surface area contributed by atoms with Gasteiger partial charge in [0.1, 0.15) is 12.7 Å². The van der Waals surface area contributed by atoms with Gasteiger partial charge in [-0.15, -0.1) is 10.2 Å². The highest BCUT2D eigenvalue weighted by molar-refractivity contribution is 5.80. The van der Waals surface area contributed by atoms with Gasteiger partial charge in [-0.05, 0) is 30.3 Å². The van der Waals surface area contributed by atoms with Crippen molar-refractivity contribution >= 4 is 16.6 Å². The lowest BCUT2D eigenvalue weighted by molar-refractivity contribution is 0.395. The van der Waals surface area contributed by atoms with Crippen LogP contribution in [0.2, 0.25) is 0 Å². The van der Waals surface area contributed by atoms with Crippen molar-refractivity contribution in [1.82, 2.24) is 19.7 Å². The van der Waals surface area contributed by atoms with Gasteiger partial charge in [-0.3, -0.25) is 4.57 Å². The molecule has 0 aliphatic heterocycles. The number of rotatable bonds is 5. The van der Waals surface area contributed by atoms with Crippen LogP contribution in [0.1, 0.15) is 5.56 Å². The topological polar surface area (TPSA) is 64.9 Å². The molecule has 0 saturated carbocycles. The summed E-state index contributed by atoms with van der Waals surface area (Å²) in [6.07, 6.45) is 3.35. The van der Waals surface area contributed by atoms with E-state index in [0.29, 0.717) is 12.4 Å². The summed E-state index contributed by atoms with van der Waals surface area (Å²) in [6.45, 7) is 0.618. The molecule has 4 aromatic rings. The standard InChI is InChI=1S/C19H17N5O/c1-25-19-15(9-14-5-2-3-8-18(14)23-19)11-20-16-6-4-7-17(10-16)24-12-21-22-13-24/h2-10,12-13,20H,11H2,1H3. The first kappa shape index (κ1) is 15.1.